The van der Waals surface area contributed by atoms with Gasteiger partial charge in [-0.1, -0.05) is 32.9 Å². The van der Waals surface area contributed by atoms with E-state index in [1.807, 2.05) is 59.7 Å². The van der Waals surface area contributed by atoms with Crippen molar-refractivity contribution in [2.24, 2.45) is 5.41 Å². The standard InChI is InChI=1S/C17H27NO2/c1-16(2,3)15(19)18-11-10-13-8-7-9-14(12-13)20-17(4,5)6/h7-9,12H,10-11H2,1-6H3,(H,18,19). The van der Waals surface area contributed by atoms with Crippen LogP contribution in [0.25, 0.3) is 0 Å². The van der Waals surface area contributed by atoms with Gasteiger partial charge in [-0.05, 0) is 44.9 Å². The summed E-state index contributed by atoms with van der Waals surface area (Å²) in [6.07, 6.45) is 0.809. The number of carbonyl (C=O) groups excluding carboxylic acids is 1. The SMILES string of the molecule is CC(C)(C)Oc1cccc(CCNC(=O)C(C)(C)C)c1. The number of hydrogen-bond donors (Lipinski definition) is 1. The maximum atomic E-state index is 11.8. The summed E-state index contributed by atoms with van der Waals surface area (Å²) in [7, 11) is 0. The maximum absolute atomic E-state index is 11.8. The van der Waals surface area contributed by atoms with Crippen LogP contribution >= 0.6 is 0 Å². The average molecular weight is 277 g/mol. The van der Waals surface area contributed by atoms with Crippen molar-refractivity contribution in [1.29, 1.82) is 0 Å². The quantitative estimate of drug-likeness (QED) is 0.913. The van der Waals surface area contributed by atoms with Crippen LogP contribution in [0.1, 0.15) is 47.1 Å². The molecule has 1 rings (SSSR count). The van der Waals surface area contributed by atoms with Gasteiger partial charge in [0.2, 0.25) is 5.91 Å². The van der Waals surface area contributed by atoms with Crippen molar-refractivity contribution in [2.75, 3.05) is 6.54 Å². The van der Waals surface area contributed by atoms with Crippen molar-refractivity contribution >= 4 is 5.91 Å². The lowest BCUT2D eigenvalue weighted by Crippen LogP contribution is -2.35. The molecular formula is C17H27NO2. The zero-order valence-electron chi connectivity index (χ0n) is 13.5. The first-order valence-corrected chi connectivity index (χ1v) is 7.14. The summed E-state index contributed by atoms with van der Waals surface area (Å²) < 4.78 is 5.84. The summed E-state index contributed by atoms with van der Waals surface area (Å²) in [5.41, 5.74) is 0.636. The highest BCUT2D eigenvalue weighted by Gasteiger charge is 2.20. The number of hydrogen-bond acceptors (Lipinski definition) is 2. The van der Waals surface area contributed by atoms with E-state index in [1.165, 1.54) is 5.56 Å². The molecule has 0 saturated carbocycles. The zero-order valence-corrected chi connectivity index (χ0v) is 13.5. The summed E-state index contributed by atoms with van der Waals surface area (Å²) in [5, 5.41) is 2.96. The van der Waals surface area contributed by atoms with Crippen LogP contribution in [0.15, 0.2) is 24.3 Å². The second-order valence-corrected chi connectivity index (χ2v) is 7.12. The number of benzene rings is 1. The first kappa shape index (κ1) is 16.5. The molecular weight excluding hydrogens is 250 g/mol. The van der Waals surface area contributed by atoms with E-state index in [0.717, 1.165) is 12.2 Å². The third-order valence-electron chi connectivity index (χ3n) is 2.70. The Morgan fingerprint density at radius 3 is 2.35 bits per heavy atom. The lowest BCUT2D eigenvalue weighted by atomic mass is 9.95. The third kappa shape index (κ3) is 6.09. The molecule has 112 valence electrons. The highest BCUT2D eigenvalue weighted by atomic mass is 16.5. The van der Waals surface area contributed by atoms with Crippen LogP contribution in [0.5, 0.6) is 5.75 Å². The molecule has 3 heteroatoms. The molecule has 20 heavy (non-hydrogen) atoms. The van der Waals surface area contributed by atoms with E-state index < -0.39 is 0 Å². The van der Waals surface area contributed by atoms with Crippen LogP contribution in [0.3, 0.4) is 0 Å². The van der Waals surface area contributed by atoms with Crippen molar-refractivity contribution < 1.29 is 9.53 Å². The minimum Gasteiger partial charge on any atom is -0.488 e. The molecule has 0 unspecified atom stereocenters. The van der Waals surface area contributed by atoms with E-state index in [1.54, 1.807) is 0 Å². The Kier molecular flexibility index (Phi) is 5.21. The molecule has 0 fully saturated rings. The van der Waals surface area contributed by atoms with E-state index in [-0.39, 0.29) is 16.9 Å². The molecule has 0 atom stereocenters. The fourth-order valence-electron chi connectivity index (χ4n) is 1.70. The Labute approximate surface area is 122 Å². The molecule has 0 bridgehead atoms. The molecule has 0 radical (unpaired) electrons. The molecule has 0 heterocycles. The van der Waals surface area contributed by atoms with Crippen LogP contribution in [-0.4, -0.2) is 18.1 Å². The summed E-state index contributed by atoms with van der Waals surface area (Å²) in [6, 6.07) is 8.04. The van der Waals surface area contributed by atoms with Gasteiger partial charge in [0.05, 0.1) is 0 Å². The predicted octanol–water partition coefficient (Wildman–Crippen LogP) is 3.57. The van der Waals surface area contributed by atoms with Gasteiger partial charge in [-0.25, -0.2) is 0 Å². The smallest absolute Gasteiger partial charge is 0.225 e. The van der Waals surface area contributed by atoms with E-state index in [0.29, 0.717) is 6.54 Å². The van der Waals surface area contributed by atoms with Crippen LogP contribution in [0.4, 0.5) is 0 Å². The molecule has 0 saturated heterocycles. The van der Waals surface area contributed by atoms with Crippen molar-refractivity contribution in [1.82, 2.24) is 5.32 Å². The van der Waals surface area contributed by atoms with Gasteiger partial charge in [-0.2, -0.15) is 0 Å². The predicted molar refractivity (Wildman–Crippen MR) is 83.0 cm³/mol. The number of carbonyl (C=O) groups is 1. The highest BCUT2D eigenvalue weighted by molar-refractivity contribution is 5.81. The molecule has 1 N–H and O–H groups in total. The van der Waals surface area contributed by atoms with Gasteiger partial charge in [0.1, 0.15) is 11.4 Å². The number of rotatable bonds is 4. The monoisotopic (exact) mass is 277 g/mol. The normalized spacial score (nSPS) is 12.1. The second kappa shape index (κ2) is 6.29. The van der Waals surface area contributed by atoms with Crippen molar-refractivity contribution in [3.8, 4) is 5.75 Å². The molecule has 0 aliphatic heterocycles. The van der Waals surface area contributed by atoms with Crippen LogP contribution in [-0.2, 0) is 11.2 Å². The Morgan fingerprint density at radius 1 is 1.15 bits per heavy atom. The van der Waals surface area contributed by atoms with E-state index in [2.05, 4.69) is 11.4 Å². The Balaban J connectivity index is 2.53. The van der Waals surface area contributed by atoms with Crippen LogP contribution < -0.4 is 10.1 Å². The molecule has 1 aromatic rings. The summed E-state index contributed by atoms with van der Waals surface area (Å²) >= 11 is 0. The lowest BCUT2D eigenvalue weighted by molar-refractivity contribution is -0.128. The zero-order chi connectivity index (χ0) is 15.4. The molecule has 1 aromatic carbocycles. The number of nitrogens with one attached hydrogen (secondary N) is 1. The van der Waals surface area contributed by atoms with E-state index >= 15 is 0 Å². The van der Waals surface area contributed by atoms with E-state index in [9.17, 15) is 4.79 Å². The highest BCUT2D eigenvalue weighted by Crippen LogP contribution is 2.19. The topological polar surface area (TPSA) is 38.3 Å². The van der Waals surface area contributed by atoms with Gasteiger partial charge in [-0.15, -0.1) is 0 Å². The molecule has 0 aliphatic carbocycles. The Morgan fingerprint density at radius 2 is 1.80 bits per heavy atom. The molecule has 0 aromatic heterocycles. The Hall–Kier alpha value is -1.51. The molecule has 1 amide bonds. The molecule has 3 nitrogen and oxygen atoms in total. The van der Waals surface area contributed by atoms with Gasteiger partial charge < -0.3 is 10.1 Å². The average Bonchev–Trinajstić information content (AvgIpc) is 2.25. The summed E-state index contributed by atoms with van der Waals surface area (Å²) in [5.74, 6) is 0.955. The fourth-order valence-corrected chi connectivity index (χ4v) is 1.70. The third-order valence-corrected chi connectivity index (χ3v) is 2.70. The van der Waals surface area contributed by atoms with Crippen molar-refractivity contribution in [3.63, 3.8) is 0 Å². The van der Waals surface area contributed by atoms with Crippen molar-refractivity contribution in [3.05, 3.63) is 29.8 Å². The van der Waals surface area contributed by atoms with Gasteiger partial charge >= 0.3 is 0 Å². The van der Waals surface area contributed by atoms with Gasteiger partial charge in [0.25, 0.3) is 0 Å². The van der Waals surface area contributed by atoms with Crippen LogP contribution in [0.2, 0.25) is 0 Å². The second-order valence-electron chi connectivity index (χ2n) is 7.12. The maximum Gasteiger partial charge on any atom is 0.225 e. The van der Waals surface area contributed by atoms with Gasteiger partial charge in [0.15, 0.2) is 0 Å². The number of ether oxygens (including phenoxy) is 1. The first-order chi connectivity index (χ1) is 9.08. The largest absolute Gasteiger partial charge is 0.488 e. The van der Waals surface area contributed by atoms with Gasteiger partial charge in [0, 0.05) is 12.0 Å². The molecule has 0 spiro atoms. The minimum absolute atomic E-state index is 0.0830. The van der Waals surface area contributed by atoms with Crippen molar-refractivity contribution in [2.45, 2.75) is 53.6 Å². The summed E-state index contributed by atoms with van der Waals surface area (Å²) in [4.78, 5) is 11.8. The van der Waals surface area contributed by atoms with Crippen LogP contribution in [0, 0.1) is 5.41 Å². The lowest BCUT2D eigenvalue weighted by Gasteiger charge is -2.21. The van der Waals surface area contributed by atoms with E-state index in [4.69, 9.17) is 4.74 Å². The molecule has 0 aliphatic rings. The fraction of sp³-hybridized carbons (Fsp3) is 0.588. The Bertz CT molecular complexity index is 453. The van der Waals surface area contributed by atoms with Gasteiger partial charge in [-0.3, -0.25) is 4.79 Å². The first-order valence-electron chi connectivity index (χ1n) is 7.14. The minimum atomic E-state index is -0.336. The number of amides is 1. The summed E-state index contributed by atoms with van der Waals surface area (Å²) in [6.45, 7) is 12.5.